The smallest absolute Gasteiger partial charge is 0.0000789 e. The maximum absolute atomic E-state index is 3.60. The number of hydrogen-bond donors (Lipinski definition) is 0. The van der Waals surface area contributed by atoms with Crippen molar-refractivity contribution in [2.45, 2.75) is 34.1 Å². The molecule has 0 saturated carbocycles. The average Bonchev–Trinajstić information content (AvgIpc) is 2.98. The highest BCUT2D eigenvalue weighted by Crippen LogP contribution is 2.38. The van der Waals surface area contributed by atoms with Gasteiger partial charge in [-0.25, -0.2) is 0 Å². The van der Waals surface area contributed by atoms with Crippen molar-refractivity contribution in [2.75, 3.05) is 6.16 Å². The molecule has 0 saturated heterocycles. The quantitative estimate of drug-likeness (QED) is 0.462. The lowest BCUT2D eigenvalue weighted by molar-refractivity contribution is 0.518. The van der Waals surface area contributed by atoms with E-state index < -0.39 is 0 Å². The van der Waals surface area contributed by atoms with Crippen molar-refractivity contribution in [3.63, 3.8) is 0 Å². The van der Waals surface area contributed by atoms with Crippen molar-refractivity contribution in [2.24, 2.45) is 5.41 Å². The molecule has 0 spiro atoms. The standard InChI is InChI=1S/C24H27P/c1-19-17-21(24(2,3)4)18-20(19)15-16-25(22-11-7-5-8-12-22)23-13-9-6-10-14-23/h5-14,18H,15-16H2,1-4H3. The van der Waals surface area contributed by atoms with Crippen molar-refractivity contribution < 1.29 is 0 Å². The van der Waals surface area contributed by atoms with E-state index in [1.54, 1.807) is 0 Å². The third-order valence-corrected chi connectivity index (χ3v) is 7.18. The third kappa shape index (κ3) is 4.40. The lowest BCUT2D eigenvalue weighted by Gasteiger charge is -2.20. The van der Waals surface area contributed by atoms with Crippen molar-refractivity contribution in [1.29, 1.82) is 0 Å². The van der Waals surface area contributed by atoms with Gasteiger partial charge >= 0.3 is 0 Å². The van der Waals surface area contributed by atoms with Gasteiger partial charge in [-0.3, -0.25) is 0 Å². The van der Waals surface area contributed by atoms with Gasteiger partial charge < -0.3 is 0 Å². The summed E-state index contributed by atoms with van der Waals surface area (Å²) in [5, 5.41) is 2.93. The summed E-state index contributed by atoms with van der Waals surface area (Å²) in [6, 6.07) is 22.0. The first kappa shape index (κ1) is 17.9. The minimum Gasteiger partial charge on any atom is -0.113 e. The summed E-state index contributed by atoms with van der Waals surface area (Å²) in [5.74, 6) is 0. The number of benzene rings is 2. The first-order valence-corrected chi connectivity index (χ1v) is 10.5. The zero-order chi connectivity index (χ0) is 17.9. The van der Waals surface area contributed by atoms with E-state index in [1.165, 1.54) is 33.5 Å². The Morgan fingerprint density at radius 3 is 1.80 bits per heavy atom. The van der Waals surface area contributed by atoms with E-state index >= 15 is 0 Å². The van der Waals surface area contributed by atoms with Gasteiger partial charge in [-0.05, 0) is 66.2 Å². The lowest BCUT2D eigenvalue weighted by Crippen LogP contribution is -2.14. The highest BCUT2D eigenvalue weighted by molar-refractivity contribution is 7.73. The molecule has 0 N–H and O–H groups in total. The van der Waals surface area contributed by atoms with E-state index in [-0.39, 0.29) is 13.3 Å². The molecule has 0 fully saturated rings. The lowest BCUT2D eigenvalue weighted by atomic mass is 9.87. The normalized spacial score (nSPS) is 14.4. The van der Waals surface area contributed by atoms with Gasteiger partial charge in [-0.1, -0.05) is 81.4 Å². The van der Waals surface area contributed by atoms with Crippen molar-refractivity contribution in [1.82, 2.24) is 0 Å². The van der Waals surface area contributed by atoms with Crippen LogP contribution in [0.15, 0.2) is 89.2 Å². The Bertz CT molecular complexity index is 774. The van der Waals surface area contributed by atoms with Crippen LogP contribution in [0.2, 0.25) is 0 Å². The molecule has 0 heterocycles. The van der Waals surface area contributed by atoms with Crippen LogP contribution in [0.5, 0.6) is 0 Å². The molecule has 0 aliphatic heterocycles. The molecular formula is C24H27P. The zero-order valence-electron chi connectivity index (χ0n) is 15.7. The second-order valence-corrected chi connectivity index (χ2v) is 9.99. The molecule has 0 atom stereocenters. The molecule has 0 bridgehead atoms. The second kappa shape index (κ2) is 7.57. The van der Waals surface area contributed by atoms with Gasteiger partial charge in [0.05, 0.1) is 0 Å². The van der Waals surface area contributed by atoms with Gasteiger partial charge in [0.1, 0.15) is 0 Å². The van der Waals surface area contributed by atoms with Crippen LogP contribution in [0.3, 0.4) is 0 Å². The molecule has 2 aromatic rings. The highest BCUT2D eigenvalue weighted by atomic mass is 31.1. The molecule has 1 aliphatic carbocycles. The Kier molecular flexibility index (Phi) is 5.43. The summed E-state index contributed by atoms with van der Waals surface area (Å²) in [6.45, 7) is 9.01. The minimum atomic E-state index is -0.320. The molecule has 0 nitrogen and oxygen atoms in total. The monoisotopic (exact) mass is 346 g/mol. The van der Waals surface area contributed by atoms with Crippen LogP contribution in [0.25, 0.3) is 0 Å². The molecule has 0 unspecified atom stereocenters. The summed E-state index contributed by atoms with van der Waals surface area (Å²) >= 11 is 0. The van der Waals surface area contributed by atoms with Gasteiger partial charge in [0.2, 0.25) is 0 Å². The Morgan fingerprint density at radius 2 is 1.36 bits per heavy atom. The molecule has 0 radical (unpaired) electrons. The van der Waals surface area contributed by atoms with Gasteiger partial charge in [-0.15, -0.1) is 5.73 Å². The fourth-order valence-electron chi connectivity index (χ4n) is 3.12. The number of hydrogen-bond acceptors (Lipinski definition) is 0. The largest absolute Gasteiger partial charge is 0.113 e. The van der Waals surface area contributed by atoms with Crippen molar-refractivity contribution >= 4 is 18.5 Å². The summed E-state index contributed by atoms with van der Waals surface area (Å²) in [5.41, 5.74) is 7.89. The fraction of sp³-hybridized carbons (Fsp3) is 0.292. The van der Waals surface area contributed by atoms with E-state index in [0.29, 0.717) is 0 Å². The summed E-state index contributed by atoms with van der Waals surface area (Å²) in [7, 11) is -0.320. The Morgan fingerprint density at radius 1 is 0.840 bits per heavy atom. The first-order valence-electron chi connectivity index (χ1n) is 9.02. The molecule has 2 aromatic carbocycles. The molecule has 25 heavy (non-hydrogen) atoms. The van der Waals surface area contributed by atoms with Crippen LogP contribution in [0.4, 0.5) is 0 Å². The maximum Gasteiger partial charge on any atom is -0.0000789 e. The molecule has 128 valence electrons. The van der Waals surface area contributed by atoms with Crippen LogP contribution < -0.4 is 10.6 Å². The molecule has 1 heteroatoms. The van der Waals surface area contributed by atoms with Gasteiger partial charge in [0.15, 0.2) is 0 Å². The van der Waals surface area contributed by atoms with Crippen molar-refractivity contribution in [3.8, 4) is 0 Å². The topological polar surface area (TPSA) is 0 Å². The van der Waals surface area contributed by atoms with Crippen molar-refractivity contribution in [3.05, 3.63) is 89.2 Å². The van der Waals surface area contributed by atoms with E-state index in [2.05, 4.69) is 100 Å². The molecule has 3 rings (SSSR count). The molecule has 0 aromatic heterocycles. The van der Waals surface area contributed by atoms with E-state index in [0.717, 1.165) is 6.42 Å². The SMILES string of the molecule is CC1=C=C(C(C)(C)C)C=C1CCP(c1ccccc1)c1ccccc1. The zero-order valence-corrected chi connectivity index (χ0v) is 16.6. The summed E-state index contributed by atoms with van der Waals surface area (Å²) in [6.07, 6.45) is 4.68. The number of rotatable bonds is 5. The molecule has 0 amide bonds. The van der Waals surface area contributed by atoms with Gasteiger partial charge in [0.25, 0.3) is 0 Å². The Balaban J connectivity index is 1.81. The molecular weight excluding hydrogens is 319 g/mol. The number of allylic oxidation sites excluding steroid dienone is 3. The summed E-state index contributed by atoms with van der Waals surface area (Å²) in [4.78, 5) is 0. The first-order chi connectivity index (χ1) is 11.9. The molecule has 1 aliphatic rings. The Labute approximate surface area is 153 Å². The predicted octanol–water partition coefficient (Wildman–Crippen LogP) is 5.97. The second-order valence-electron chi connectivity index (χ2n) is 7.66. The average molecular weight is 346 g/mol. The highest BCUT2D eigenvalue weighted by Gasteiger charge is 2.21. The fourth-order valence-corrected chi connectivity index (χ4v) is 5.46. The predicted molar refractivity (Wildman–Crippen MR) is 112 cm³/mol. The van der Waals surface area contributed by atoms with E-state index in [4.69, 9.17) is 0 Å². The maximum atomic E-state index is 3.60. The summed E-state index contributed by atoms with van der Waals surface area (Å²) < 4.78 is 0. The van der Waals surface area contributed by atoms with Crippen LogP contribution in [0.1, 0.15) is 34.1 Å². The third-order valence-electron chi connectivity index (χ3n) is 4.67. The van der Waals surface area contributed by atoms with Gasteiger partial charge in [-0.2, -0.15) is 0 Å². The Hall–Kier alpha value is -1.87. The van der Waals surface area contributed by atoms with E-state index in [1.807, 2.05) is 0 Å². The van der Waals surface area contributed by atoms with Crippen LogP contribution >= 0.6 is 7.92 Å². The van der Waals surface area contributed by atoms with Crippen LogP contribution in [0, 0.1) is 5.41 Å². The van der Waals surface area contributed by atoms with Gasteiger partial charge in [0, 0.05) is 0 Å². The minimum absolute atomic E-state index is 0.173. The van der Waals surface area contributed by atoms with E-state index in [9.17, 15) is 0 Å². The van der Waals surface area contributed by atoms with Crippen LogP contribution in [-0.2, 0) is 0 Å². The van der Waals surface area contributed by atoms with Crippen LogP contribution in [-0.4, -0.2) is 6.16 Å².